The third-order valence-electron chi connectivity index (χ3n) is 6.16. The van der Waals surface area contributed by atoms with Gasteiger partial charge in [-0.2, -0.15) is 0 Å². The van der Waals surface area contributed by atoms with Gasteiger partial charge in [0.15, 0.2) is 5.84 Å². The number of nitrogens with one attached hydrogen (secondary N) is 2. The first-order valence-corrected chi connectivity index (χ1v) is 12.2. The highest BCUT2D eigenvalue weighted by Crippen LogP contribution is 2.31. The van der Waals surface area contributed by atoms with E-state index in [-0.39, 0.29) is 5.84 Å². The highest BCUT2D eigenvalue weighted by Gasteiger charge is 2.21. The van der Waals surface area contributed by atoms with Gasteiger partial charge in [0.05, 0.1) is 23.7 Å². The molecule has 190 valence electrons. The number of rotatable bonds is 7. The normalized spacial score (nSPS) is 10.8. The van der Waals surface area contributed by atoms with Gasteiger partial charge in [0.25, 0.3) is 0 Å². The number of aryl methyl sites for hydroxylation is 2. The number of carbonyl (C=O) groups excluding carboxylic acids is 2. The van der Waals surface area contributed by atoms with Crippen LogP contribution in [-0.4, -0.2) is 34.4 Å². The first kappa shape index (κ1) is 25.6. The number of imidazole rings is 1. The van der Waals surface area contributed by atoms with Gasteiger partial charge in [-0.3, -0.25) is 14.8 Å². The summed E-state index contributed by atoms with van der Waals surface area (Å²) in [6, 6.07) is 19.0. The van der Waals surface area contributed by atoms with Gasteiger partial charge in [-0.15, -0.1) is 0 Å². The Morgan fingerprint density at radius 3 is 2.43 bits per heavy atom. The Labute approximate surface area is 215 Å². The average molecular weight is 499 g/mol. The molecule has 0 aliphatic carbocycles. The second-order valence-electron chi connectivity index (χ2n) is 8.75. The number of hydrogen-bond acceptors (Lipinski definition) is 6. The summed E-state index contributed by atoms with van der Waals surface area (Å²) < 4.78 is 7.12. The number of hydroxylamine groups is 1. The van der Waals surface area contributed by atoms with Crippen LogP contribution in [0.2, 0.25) is 0 Å². The number of nitrogens with zero attached hydrogens (tertiary/aromatic N) is 2. The molecule has 4 aromatic rings. The number of carbonyl (C=O) groups is 2. The maximum absolute atomic E-state index is 12.7. The van der Waals surface area contributed by atoms with Crippen molar-refractivity contribution in [1.82, 2.24) is 15.0 Å². The molecule has 0 bridgehead atoms. The van der Waals surface area contributed by atoms with E-state index in [0.717, 1.165) is 58.5 Å². The molecule has 1 aromatic heterocycles. The van der Waals surface area contributed by atoms with Crippen molar-refractivity contribution in [3.8, 4) is 16.8 Å². The lowest BCUT2D eigenvalue weighted by Gasteiger charge is -2.14. The molecule has 0 radical (unpaired) electrons. The predicted octanol–water partition coefficient (Wildman–Crippen LogP) is 5.52. The fraction of sp³-hybridized carbons (Fsp3) is 0.241. The predicted molar refractivity (Wildman–Crippen MR) is 143 cm³/mol. The number of hydrogen-bond donors (Lipinski definition) is 2. The Balaban J connectivity index is 1.82. The van der Waals surface area contributed by atoms with Gasteiger partial charge in [-0.25, -0.2) is 15.3 Å². The molecule has 0 aliphatic heterocycles. The topological polar surface area (TPSA) is 106 Å². The van der Waals surface area contributed by atoms with E-state index >= 15 is 0 Å². The molecule has 8 nitrogen and oxygen atoms in total. The van der Waals surface area contributed by atoms with E-state index in [0.29, 0.717) is 11.1 Å². The minimum atomic E-state index is -0.528. The van der Waals surface area contributed by atoms with Crippen molar-refractivity contribution in [3.63, 3.8) is 0 Å². The fourth-order valence-electron chi connectivity index (χ4n) is 4.33. The van der Waals surface area contributed by atoms with E-state index in [1.165, 1.54) is 14.0 Å². The summed E-state index contributed by atoms with van der Waals surface area (Å²) in [5, 5.41) is 8.31. The quantitative estimate of drug-likeness (QED) is 0.150. The van der Waals surface area contributed by atoms with Crippen molar-refractivity contribution >= 4 is 28.8 Å². The molecule has 0 spiro atoms. The number of benzene rings is 3. The molecule has 0 atom stereocenters. The summed E-state index contributed by atoms with van der Waals surface area (Å²) in [5.41, 5.74) is 8.54. The molecule has 2 N–H and O–H groups in total. The third-order valence-corrected chi connectivity index (χ3v) is 6.16. The smallest absolute Gasteiger partial charge is 0.340 e. The van der Waals surface area contributed by atoms with Gasteiger partial charge in [-0.05, 0) is 48.2 Å². The van der Waals surface area contributed by atoms with Crippen LogP contribution in [-0.2, 0) is 20.8 Å². The number of unbranched alkanes of at least 4 members (excludes halogenated alkanes) is 1. The second kappa shape index (κ2) is 11.1. The van der Waals surface area contributed by atoms with E-state index in [2.05, 4.69) is 12.4 Å². The number of fused-ring (bicyclic) bond motifs is 1. The van der Waals surface area contributed by atoms with E-state index in [1.807, 2.05) is 60.0 Å². The molecule has 0 fully saturated rings. The molecule has 37 heavy (non-hydrogen) atoms. The van der Waals surface area contributed by atoms with Crippen LogP contribution in [0.1, 0.15) is 54.0 Å². The fourth-order valence-corrected chi connectivity index (χ4v) is 4.33. The van der Waals surface area contributed by atoms with Gasteiger partial charge in [-0.1, -0.05) is 55.8 Å². The summed E-state index contributed by atoms with van der Waals surface area (Å²) in [6.45, 7) is 5.40. The summed E-state index contributed by atoms with van der Waals surface area (Å²) in [7, 11) is 1.38. The lowest BCUT2D eigenvalue weighted by Crippen LogP contribution is -2.26. The monoisotopic (exact) mass is 498 g/mol. The minimum absolute atomic E-state index is 0.0180. The maximum atomic E-state index is 12.7. The van der Waals surface area contributed by atoms with E-state index in [9.17, 15) is 9.59 Å². The Bertz CT molecular complexity index is 1470. The van der Waals surface area contributed by atoms with E-state index in [1.54, 1.807) is 12.1 Å². The van der Waals surface area contributed by atoms with Crippen LogP contribution < -0.4 is 5.48 Å². The lowest BCUT2D eigenvalue weighted by atomic mass is 9.99. The Hall–Kier alpha value is -4.46. The van der Waals surface area contributed by atoms with E-state index in [4.69, 9.17) is 20.0 Å². The molecule has 0 saturated carbocycles. The highest BCUT2D eigenvalue weighted by atomic mass is 16.7. The van der Waals surface area contributed by atoms with Crippen molar-refractivity contribution in [2.75, 3.05) is 7.11 Å². The molecule has 1 heterocycles. The maximum Gasteiger partial charge on any atom is 0.340 e. The zero-order valence-corrected chi connectivity index (χ0v) is 21.4. The molecular weight excluding hydrogens is 468 g/mol. The zero-order valence-electron chi connectivity index (χ0n) is 21.4. The average Bonchev–Trinajstić information content (AvgIpc) is 3.30. The van der Waals surface area contributed by atoms with Gasteiger partial charge in [0, 0.05) is 24.6 Å². The lowest BCUT2D eigenvalue weighted by molar-refractivity contribution is -0.145. The summed E-state index contributed by atoms with van der Waals surface area (Å²) in [4.78, 5) is 33.5. The highest BCUT2D eigenvalue weighted by molar-refractivity contribution is 6.04. The zero-order chi connectivity index (χ0) is 26.5. The Morgan fingerprint density at radius 1 is 1.03 bits per heavy atom. The largest absolute Gasteiger partial charge is 0.465 e. The first-order chi connectivity index (χ1) is 17.8. The number of amidine groups is 1. The van der Waals surface area contributed by atoms with Crippen molar-refractivity contribution < 1.29 is 19.2 Å². The summed E-state index contributed by atoms with van der Waals surface area (Å²) in [5.74, 6) is -0.0653. The molecule has 0 amide bonds. The molecule has 0 saturated heterocycles. The standard InChI is InChI=1S/C29H30N4O4/c1-5-6-11-25-31-26-18(2)12-17-24(29(35)36-4)27(26)33(25)21-15-13-20(14-16-21)22-9-7-8-10-23(22)28(30)32-37-19(3)34/h7-10,12-17H,5-6,11H2,1-4H3,(H2,30,32). The number of aromatic nitrogens is 2. The van der Waals surface area contributed by atoms with Gasteiger partial charge < -0.3 is 9.57 Å². The number of esters is 1. The van der Waals surface area contributed by atoms with Crippen LogP contribution in [0.5, 0.6) is 0 Å². The molecular formula is C29H30N4O4. The molecule has 3 aromatic carbocycles. The Kier molecular flexibility index (Phi) is 7.67. The Morgan fingerprint density at radius 2 is 1.76 bits per heavy atom. The van der Waals surface area contributed by atoms with Crippen LogP contribution >= 0.6 is 0 Å². The van der Waals surface area contributed by atoms with Crippen molar-refractivity contribution in [2.45, 2.75) is 40.0 Å². The van der Waals surface area contributed by atoms with Crippen molar-refractivity contribution in [3.05, 3.63) is 83.2 Å². The second-order valence-corrected chi connectivity index (χ2v) is 8.75. The van der Waals surface area contributed by atoms with Crippen LogP contribution in [0.3, 0.4) is 0 Å². The molecule has 0 unspecified atom stereocenters. The molecule has 4 rings (SSSR count). The van der Waals surface area contributed by atoms with Crippen LogP contribution in [0.25, 0.3) is 27.8 Å². The van der Waals surface area contributed by atoms with Crippen LogP contribution in [0, 0.1) is 12.3 Å². The van der Waals surface area contributed by atoms with Gasteiger partial charge >= 0.3 is 11.9 Å². The van der Waals surface area contributed by atoms with Crippen LogP contribution in [0.4, 0.5) is 0 Å². The third kappa shape index (κ3) is 5.23. The number of methoxy groups -OCH3 is 1. The van der Waals surface area contributed by atoms with E-state index < -0.39 is 11.9 Å². The van der Waals surface area contributed by atoms with Gasteiger partial charge in [0.1, 0.15) is 5.82 Å². The first-order valence-electron chi connectivity index (χ1n) is 12.2. The SMILES string of the molecule is CCCCc1nc2c(C)ccc(C(=O)OC)c2n1-c1ccc(-c2ccccc2C(=N)NOC(C)=O)cc1. The molecule has 0 aliphatic rings. The van der Waals surface area contributed by atoms with Gasteiger partial charge in [0.2, 0.25) is 0 Å². The van der Waals surface area contributed by atoms with Crippen molar-refractivity contribution in [1.29, 1.82) is 5.41 Å². The van der Waals surface area contributed by atoms with Crippen molar-refractivity contribution in [2.24, 2.45) is 0 Å². The summed E-state index contributed by atoms with van der Waals surface area (Å²) >= 11 is 0. The van der Waals surface area contributed by atoms with Crippen LogP contribution in [0.15, 0.2) is 60.7 Å². The number of ether oxygens (including phenoxy) is 1. The molecule has 8 heteroatoms. The minimum Gasteiger partial charge on any atom is -0.465 e. The summed E-state index contributed by atoms with van der Waals surface area (Å²) in [6.07, 6.45) is 2.77.